The van der Waals surface area contributed by atoms with E-state index in [-0.39, 0.29) is 12.2 Å². The predicted octanol–water partition coefficient (Wildman–Crippen LogP) is -0.977. The highest BCUT2D eigenvalue weighted by atomic mass is 16.3. The number of aliphatic hydroxyl groups is 2. The molecule has 1 fully saturated rings. The number of nitrogens with zero attached hydrogens (tertiary/aromatic N) is 1. The zero-order chi connectivity index (χ0) is 9.68. The van der Waals surface area contributed by atoms with Gasteiger partial charge in [0.2, 0.25) is 0 Å². The molecule has 78 valence electrons. The van der Waals surface area contributed by atoms with Gasteiger partial charge in [-0.15, -0.1) is 0 Å². The van der Waals surface area contributed by atoms with Crippen LogP contribution >= 0.6 is 0 Å². The number of hydrogen-bond acceptors (Lipinski definition) is 4. The van der Waals surface area contributed by atoms with Crippen molar-refractivity contribution in [2.24, 2.45) is 0 Å². The van der Waals surface area contributed by atoms with E-state index in [2.05, 4.69) is 10.2 Å². The smallest absolute Gasteiger partial charge is 0.0791 e. The fourth-order valence-electron chi connectivity index (χ4n) is 1.55. The summed E-state index contributed by atoms with van der Waals surface area (Å²) in [6, 6.07) is 0. The first-order chi connectivity index (χ1) is 6.22. The van der Waals surface area contributed by atoms with Gasteiger partial charge in [-0.1, -0.05) is 6.92 Å². The van der Waals surface area contributed by atoms with Crippen LogP contribution in [0, 0.1) is 0 Å². The van der Waals surface area contributed by atoms with Gasteiger partial charge in [-0.05, 0) is 6.42 Å². The van der Waals surface area contributed by atoms with Gasteiger partial charge in [0.05, 0.1) is 12.2 Å². The average molecular weight is 188 g/mol. The van der Waals surface area contributed by atoms with Crippen LogP contribution in [0.15, 0.2) is 0 Å². The first kappa shape index (κ1) is 10.9. The maximum atomic E-state index is 9.46. The number of aliphatic hydroxyl groups excluding tert-OH is 2. The minimum absolute atomic E-state index is 0.259. The van der Waals surface area contributed by atoms with Crippen LogP contribution in [0.2, 0.25) is 0 Å². The van der Waals surface area contributed by atoms with Crippen LogP contribution in [0.3, 0.4) is 0 Å². The molecule has 1 heterocycles. The van der Waals surface area contributed by atoms with E-state index >= 15 is 0 Å². The van der Waals surface area contributed by atoms with E-state index < -0.39 is 0 Å². The molecule has 0 aromatic rings. The zero-order valence-electron chi connectivity index (χ0n) is 8.24. The van der Waals surface area contributed by atoms with Gasteiger partial charge in [-0.2, -0.15) is 0 Å². The van der Waals surface area contributed by atoms with Crippen molar-refractivity contribution in [3.8, 4) is 0 Å². The standard InChI is InChI=1S/C9H20N2O2/c1-2-8(12)6-11-4-3-10-5-9(13)7-11/h8-10,12-13H,2-7H2,1H3/t8-,9?/m0/s1. The average Bonchev–Trinajstić information content (AvgIpc) is 2.30. The second-order valence-electron chi connectivity index (χ2n) is 3.68. The quantitative estimate of drug-likeness (QED) is 0.533. The molecule has 1 unspecified atom stereocenters. The van der Waals surface area contributed by atoms with Gasteiger partial charge in [0, 0.05) is 32.7 Å². The highest BCUT2D eigenvalue weighted by Gasteiger charge is 2.17. The van der Waals surface area contributed by atoms with Crippen LogP contribution in [-0.2, 0) is 0 Å². The summed E-state index contributed by atoms with van der Waals surface area (Å²) in [5.41, 5.74) is 0. The van der Waals surface area contributed by atoms with Crippen LogP contribution in [0.1, 0.15) is 13.3 Å². The Balaban J connectivity index is 2.30. The Morgan fingerprint density at radius 3 is 3.08 bits per heavy atom. The summed E-state index contributed by atoms with van der Waals surface area (Å²) < 4.78 is 0. The lowest BCUT2D eigenvalue weighted by molar-refractivity contribution is 0.0805. The molecule has 2 atom stereocenters. The van der Waals surface area contributed by atoms with Crippen LogP contribution in [-0.4, -0.2) is 60.0 Å². The summed E-state index contributed by atoms with van der Waals surface area (Å²) in [7, 11) is 0. The molecule has 0 bridgehead atoms. The summed E-state index contributed by atoms with van der Waals surface area (Å²) in [6.07, 6.45) is 0.219. The number of rotatable bonds is 3. The Hall–Kier alpha value is -0.160. The molecule has 1 aliphatic rings. The molecule has 1 saturated heterocycles. The first-order valence-electron chi connectivity index (χ1n) is 5.01. The van der Waals surface area contributed by atoms with Crippen molar-refractivity contribution >= 4 is 0 Å². The van der Waals surface area contributed by atoms with Gasteiger partial charge in [0.15, 0.2) is 0 Å². The van der Waals surface area contributed by atoms with Crippen LogP contribution in [0.4, 0.5) is 0 Å². The molecule has 0 radical (unpaired) electrons. The van der Waals surface area contributed by atoms with E-state index in [9.17, 15) is 10.2 Å². The van der Waals surface area contributed by atoms with E-state index in [1.807, 2.05) is 6.92 Å². The summed E-state index contributed by atoms with van der Waals surface area (Å²) >= 11 is 0. The van der Waals surface area contributed by atoms with Crippen molar-refractivity contribution in [3.63, 3.8) is 0 Å². The van der Waals surface area contributed by atoms with E-state index in [0.717, 1.165) is 19.5 Å². The predicted molar refractivity (Wildman–Crippen MR) is 51.6 cm³/mol. The number of β-amino-alcohol motifs (C(OH)–C–C–N with tert-alkyl or cyclic N) is 2. The largest absolute Gasteiger partial charge is 0.392 e. The number of hydrogen-bond donors (Lipinski definition) is 3. The fraction of sp³-hybridized carbons (Fsp3) is 1.00. The molecule has 1 aliphatic heterocycles. The third-order valence-electron chi connectivity index (χ3n) is 2.39. The molecule has 3 N–H and O–H groups in total. The highest BCUT2D eigenvalue weighted by molar-refractivity contribution is 4.74. The van der Waals surface area contributed by atoms with E-state index in [4.69, 9.17) is 0 Å². The van der Waals surface area contributed by atoms with Gasteiger partial charge >= 0.3 is 0 Å². The minimum atomic E-state index is -0.299. The summed E-state index contributed by atoms with van der Waals surface area (Å²) in [5.74, 6) is 0. The van der Waals surface area contributed by atoms with Crippen LogP contribution in [0.25, 0.3) is 0 Å². The molecule has 0 amide bonds. The molecule has 0 aromatic carbocycles. The van der Waals surface area contributed by atoms with Crippen LogP contribution < -0.4 is 5.32 Å². The number of nitrogens with one attached hydrogen (secondary N) is 1. The van der Waals surface area contributed by atoms with Crippen molar-refractivity contribution in [1.29, 1.82) is 0 Å². The van der Waals surface area contributed by atoms with Crippen molar-refractivity contribution < 1.29 is 10.2 Å². The Morgan fingerprint density at radius 1 is 1.62 bits per heavy atom. The molecule has 0 saturated carbocycles. The molecule has 0 aromatic heterocycles. The van der Waals surface area contributed by atoms with E-state index in [0.29, 0.717) is 19.6 Å². The molecule has 0 aliphatic carbocycles. The minimum Gasteiger partial charge on any atom is -0.392 e. The zero-order valence-corrected chi connectivity index (χ0v) is 8.24. The maximum Gasteiger partial charge on any atom is 0.0791 e. The van der Waals surface area contributed by atoms with Crippen molar-refractivity contribution in [2.45, 2.75) is 25.6 Å². The van der Waals surface area contributed by atoms with Crippen molar-refractivity contribution in [2.75, 3.05) is 32.7 Å². The molecular formula is C9H20N2O2. The third-order valence-corrected chi connectivity index (χ3v) is 2.39. The molecule has 13 heavy (non-hydrogen) atoms. The summed E-state index contributed by atoms with van der Waals surface area (Å²) in [4.78, 5) is 2.11. The fourth-order valence-corrected chi connectivity index (χ4v) is 1.55. The molecule has 0 spiro atoms. The molecule has 4 heteroatoms. The summed E-state index contributed by atoms with van der Waals surface area (Å²) in [5, 5.41) is 22.0. The Labute approximate surface area is 79.6 Å². The lowest BCUT2D eigenvalue weighted by Crippen LogP contribution is -2.37. The Morgan fingerprint density at radius 2 is 2.38 bits per heavy atom. The second kappa shape index (κ2) is 5.54. The topological polar surface area (TPSA) is 55.7 Å². The first-order valence-corrected chi connectivity index (χ1v) is 5.01. The normalized spacial score (nSPS) is 28.4. The Bertz CT molecular complexity index is 144. The van der Waals surface area contributed by atoms with Gasteiger partial charge in [0.1, 0.15) is 0 Å². The van der Waals surface area contributed by atoms with Gasteiger partial charge in [-0.3, -0.25) is 4.90 Å². The second-order valence-corrected chi connectivity index (χ2v) is 3.68. The molecular weight excluding hydrogens is 168 g/mol. The highest BCUT2D eigenvalue weighted by Crippen LogP contribution is 2.00. The lowest BCUT2D eigenvalue weighted by atomic mass is 10.2. The van der Waals surface area contributed by atoms with E-state index in [1.54, 1.807) is 0 Å². The molecule has 4 nitrogen and oxygen atoms in total. The third kappa shape index (κ3) is 4.04. The SMILES string of the molecule is CC[C@H](O)CN1CCNCC(O)C1. The lowest BCUT2D eigenvalue weighted by Gasteiger charge is -2.23. The van der Waals surface area contributed by atoms with Gasteiger partial charge in [-0.25, -0.2) is 0 Å². The van der Waals surface area contributed by atoms with Crippen LogP contribution in [0.5, 0.6) is 0 Å². The van der Waals surface area contributed by atoms with Gasteiger partial charge < -0.3 is 15.5 Å². The monoisotopic (exact) mass is 188 g/mol. The Kier molecular flexibility index (Phi) is 4.66. The van der Waals surface area contributed by atoms with E-state index in [1.165, 1.54) is 0 Å². The molecule has 1 rings (SSSR count). The summed E-state index contributed by atoms with van der Waals surface area (Å²) in [6.45, 7) is 5.79. The van der Waals surface area contributed by atoms with Gasteiger partial charge in [0.25, 0.3) is 0 Å². The van der Waals surface area contributed by atoms with Crippen molar-refractivity contribution in [3.05, 3.63) is 0 Å². The maximum absolute atomic E-state index is 9.46. The van der Waals surface area contributed by atoms with Crippen molar-refractivity contribution in [1.82, 2.24) is 10.2 Å².